The molecule has 2 amide bonds. The molecule has 2 aromatic carbocycles. The monoisotopic (exact) mass is 382 g/mol. The third-order valence-electron chi connectivity index (χ3n) is 4.80. The van der Waals surface area contributed by atoms with Crippen LogP contribution in [0.2, 0.25) is 0 Å². The number of carbonyl (C=O) groups excluding carboxylic acids is 2. The van der Waals surface area contributed by atoms with Crippen molar-refractivity contribution in [3.8, 4) is 11.5 Å². The first-order chi connectivity index (χ1) is 13.7. The highest BCUT2D eigenvalue weighted by Gasteiger charge is 2.33. The highest BCUT2D eigenvalue weighted by molar-refractivity contribution is 5.89. The van der Waals surface area contributed by atoms with Crippen LogP contribution in [0.1, 0.15) is 18.4 Å². The quantitative estimate of drug-likeness (QED) is 0.712. The number of nitrogens with one attached hydrogen (secondary N) is 1. The van der Waals surface area contributed by atoms with Crippen LogP contribution in [0.15, 0.2) is 54.6 Å². The zero-order chi connectivity index (χ0) is 19.8. The Morgan fingerprint density at radius 1 is 1.07 bits per heavy atom. The molecule has 0 aliphatic carbocycles. The van der Waals surface area contributed by atoms with Gasteiger partial charge in [-0.2, -0.15) is 0 Å². The molecule has 2 aromatic rings. The number of likely N-dealkylation sites (tertiary alicyclic amines) is 1. The second-order valence-corrected chi connectivity index (χ2v) is 6.72. The lowest BCUT2D eigenvalue weighted by atomic mass is 10.1. The van der Waals surface area contributed by atoms with Crippen molar-refractivity contribution in [2.45, 2.75) is 25.3 Å². The molecular formula is C22H26N2O4. The number of rotatable bonds is 8. The first-order valence-corrected chi connectivity index (χ1v) is 9.55. The second-order valence-electron chi connectivity index (χ2n) is 6.72. The van der Waals surface area contributed by atoms with Crippen LogP contribution in [0.3, 0.4) is 0 Å². The molecule has 0 spiro atoms. The van der Waals surface area contributed by atoms with E-state index in [1.807, 2.05) is 54.6 Å². The lowest BCUT2D eigenvalue weighted by Crippen LogP contribution is -2.47. The van der Waals surface area contributed by atoms with Crippen molar-refractivity contribution in [2.24, 2.45) is 0 Å². The van der Waals surface area contributed by atoms with Gasteiger partial charge in [0, 0.05) is 6.54 Å². The fourth-order valence-corrected chi connectivity index (χ4v) is 3.34. The molecule has 1 unspecified atom stereocenters. The first-order valence-electron chi connectivity index (χ1n) is 9.55. The summed E-state index contributed by atoms with van der Waals surface area (Å²) in [6.07, 6.45) is 1.87. The van der Waals surface area contributed by atoms with Crippen LogP contribution in [-0.2, 0) is 16.0 Å². The maximum Gasteiger partial charge on any atom is 0.242 e. The van der Waals surface area contributed by atoms with E-state index < -0.39 is 6.04 Å². The Bertz CT molecular complexity index is 777. The van der Waals surface area contributed by atoms with E-state index in [1.54, 1.807) is 12.0 Å². The van der Waals surface area contributed by atoms with E-state index in [9.17, 15) is 9.59 Å². The van der Waals surface area contributed by atoms with Crippen molar-refractivity contribution in [3.63, 3.8) is 0 Å². The maximum atomic E-state index is 12.6. The molecule has 0 aromatic heterocycles. The lowest BCUT2D eigenvalue weighted by molar-refractivity contribution is -0.138. The molecule has 3 rings (SSSR count). The number of ether oxygens (including phenoxy) is 2. The molecule has 1 aliphatic rings. The third kappa shape index (κ3) is 5.25. The summed E-state index contributed by atoms with van der Waals surface area (Å²) in [6, 6.07) is 16.5. The van der Waals surface area contributed by atoms with Gasteiger partial charge in [0.1, 0.15) is 24.1 Å². The molecule has 28 heavy (non-hydrogen) atoms. The van der Waals surface area contributed by atoms with E-state index in [4.69, 9.17) is 9.47 Å². The van der Waals surface area contributed by atoms with Gasteiger partial charge in [-0.05, 0) is 42.7 Å². The van der Waals surface area contributed by atoms with Gasteiger partial charge >= 0.3 is 0 Å². The van der Waals surface area contributed by atoms with Crippen LogP contribution in [0.25, 0.3) is 0 Å². The molecule has 6 heteroatoms. The van der Waals surface area contributed by atoms with Gasteiger partial charge in [0.05, 0.1) is 20.1 Å². The van der Waals surface area contributed by atoms with Crippen molar-refractivity contribution in [1.29, 1.82) is 0 Å². The van der Waals surface area contributed by atoms with Crippen molar-refractivity contribution in [1.82, 2.24) is 10.2 Å². The van der Waals surface area contributed by atoms with Crippen molar-refractivity contribution >= 4 is 11.8 Å². The molecule has 1 saturated heterocycles. The largest absolute Gasteiger partial charge is 0.497 e. The number of hydrogen-bond acceptors (Lipinski definition) is 4. The predicted molar refractivity (Wildman–Crippen MR) is 106 cm³/mol. The fraction of sp³-hybridized carbons (Fsp3) is 0.364. The van der Waals surface area contributed by atoms with E-state index in [0.717, 1.165) is 23.5 Å². The van der Waals surface area contributed by atoms with E-state index in [-0.39, 0.29) is 11.8 Å². The average Bonchev–Trinajstić information content (AvgIpc) is 3.22. The summed E-state index contributed by atoms with van der Waals surface area (Å²) in [5.74, 6) is 1.37. The minimum absolute atomic E-state index is 0.00154. The fourth-order valence-electron chi connectivity index (χ4n) is 3.34. The van der Waals surface area contributed by atoms with Crippen molar-refractivity contribution in [2.75, 3.05) is 26.8 Å². The number of carbonyl (C=O) groups is 2. The molecular weight excluding hydrogens is 356 g/mol. The zero-order valence-electron chi connectivity index (χ0n) is 16.1. The second kappa shape index (κ2) is 9.78. The molecule has 1 atom stereocenters. The smallest absolute Gasteiger partial charge is 0.242 e. The van der Waals surface area contributed by atoms with Gasteiger partial charge in [-0.15, -0.1) is 0 Å². The molecule has 148 valence electrons. The molecule has 1 aliphatic heterocycles. The summed E-state index contributed by atoms with van der Waals surface area (Å²) in [7, 11) is 1.61. The van der Waals surface area contributed by atoms with Crippen LogP contribution in [0.5, 0.6) is 11.5 Å². The summed E-state index contributed by atoms with van der Waals surface area (Å²) < 4.78 is 10.7. The third-order valence-corrected chi connectivity index (χ3v) is 4.80. The standard InChI is InChI=1S/C22H26N2O4/c1-27-18-9-11-19(12-10-18)28-15-13-23-22(26)20-8-5-14-24(20)21(25)16-17-6-3-2-4-7-17/h2-4,6-7,9-12,20H,5,8,13-16H2,1H3,(H,23,26). The molecule has 0 radical (unpaired) electrons. The molecule has 1 fully saturated rings. The van der Waals surface area contributed by atoms with Gasteiger partial charge in [0.15, 0.2) is 0 Å². The van der Waals surface area contributed by atoms with E-state index in [2.05, 4.69) is 5.32 Å². The predicted octanol–water partition coefficient (Wildman–Crippen LogP) is 2.42. The van der Waals surface area contributed by atoms with Crippen LogP contribution < -0.4 is 14.8 Å². The SMILES string of the molecule is COc1ccc(OCCNC(=O)C2CCCN2C(=O)Cc2ccccc2)cc1. The Labute approximate surface area is 165 Å². The highest BCUT2D eigenvalue weighted by atomic mass is 16.5. The van der Waals surface area contributed by atoms with E-state index in [0.29, 0.717) is 32.5 Å². The van der Waals surface area contributed by atoms with E-state index >= 15 is 0 Å². The Balaban J connectivity index is 1.44. The molecule has 0 bridgehead atoms. The van der Waals surface area contributed by atoms with Crippen molar-refractivity contribution < 1.29 is 19.1 Å². The summed E-state index contributed by atoms with van der Waals surface area (Å²) in [5, 5.41) is 2.88. The normalized spacial score (nSPS) is 15.9. The minimum Gasteiger partial charge on any atom is -0.497 e. The Morgan fingerprint density at radius 2 is 1.79 bits per heavy atom. The number of hydrogen-bond donors (Lipinski definition) is 1. The summed E-state index contributed by atoms with van der Waals surface area (Å²) in [4.78, 5) is 26.8. The Hall–Kier alpha value is -3.02. The minimum atomic E-state index is -0.391. The molecule has 6 nitrogen and oxygen atoms in total. The highest BCUT2D eigenvalue weighted by Crippen LogP contribution is 2.19. The first kappa shape index (κ1) is 19.7. The average molecular weight is 382 g/mol. The zero-order valence-corrected chi connectivity index (χ0v) is 16.1. The molecule has 1 heterocycles. The van der Waals surface area contributed by atoms with Crippen LogP contribution in [0, 0.1) is 0 Å². The molecule has 1 N–H and O–H groups in total. The topological polar surface area (TPSA) is 67.9 Å². The van der Waals surface area contributed by atoms with Crippen molar-refractivity contribution in [3.05, 3.63) is 60.2 Å². The number of amides is 2. The number of benzene rings is 2. The van der Waals surface area contributed by atoms with Gasteiger partial charge in [0.25, 0.3) is 0 Å². The van der Waals surface area contributed by atoms with Crippen LogP contribution >= 0.6 is 0 Å². The van der Waals surface area contributed by atoms with E-state index in [1.165, 1.54) is 0 Å². The van der Waals surface area contributed by atoms with Gasteiger partial charge in [-0.3, -0.25) is 9.59 Å². The summed E-state index contributed by atoms with van der Waals surface area (Å²) in [6.45, 7) is 1.39. The van der Waals surface area contributed by atoms with Gasteiger partial charge < -0.3 is 19.7 Å². The molecule has 0 saturated carbocycles. The van der Waals surface area contributed by atoms with Crippen LogP contribution in [-0.4, -0.2) is 49.6 Å². The maximum absolute atomic E-state index is 12.6. The summed E-state index contributed by atoms with van der Waals surface area (Å²) in [5.41, 5.74) is 0.964. The summed E-state index contributed by atoms with van der Waals surface area (Å²) >= 11 is 0. The Kier molecular flexibility index (Phi) is 6.89. The van der Waals surface area contributed by atoms with Gasteiger partial charge in [0.2, 0.25) is 11.8 Å². The lowest BCUT2D eigenvalue weighted by Gasteiger charge is -2.24. The van der Waals surface area contributed by atoms with Gasteiger partial charge in [-0.25, -0.2) is 0 Å². The van der Waals surface area contributed by atoms with Crippen LogP contribution in [0.4, 0.5) is 0 Å². The Morgan fingerprint density at radius 3 is 2.50 bits per heavy atom. The van der Waals surface area contributed by atoms with Gasteiger partial charge in [-0.1, -0.05) is 30.3 Å². The number of nitrogens with zero attached hydrogens (tertiary/aromatic N) is 1. The number of methoxy groups -OCH3 is 1.